The Bertz CT molecular complexity index is 1400. The van der Waals surface area contributed by atoms with Crippen LogP contribution >= 0.6 is 23.4 Å². The van der Waals surface area contributed by atoms with E-state index in [0.29, 0.717) is 50.9 Å². The largest absolute Gasteiger partial charge is 0.338 e. The number of thioether (sulfide) groups is 1. The van der Waals surface area contributed by atoms with E-state index in [4.69, 9.17) is 11.6 Å². The van der Waals surface area contributed by atoms with Crippen molar-refractivity contribution in [1.82, 2.24) is 24.5 Å². The average molecular weight is 490 g/mol. The van der Waals surface area contributed by atoms with Gasteiger partial charge in [-0.1, -0.05) is 37.2 Å². The quantitative estimate of drug-likeness (QED) is 0.292. The number of carbonyl (C=O) groups is 1. The van der Waals surface area contributed by atoms with Crippen molar-refractivity contribution in [1.29, 1.82) is 0 Å². The topological polar surface area (TPSA) is 109 Å². The van der Waals surface area contributed by atoms with Gasteiger partial charge in [-0.25, -0.2) is 13.4 Å². The fourth-order valence-corrected chi connectivity index (χ4v) is 5.61. The molecule has 0 saturated heterocycles. The van der Waals surface area contributed by atoms with Crippen molar-refractivity contribution in [3.63, 3.8) is 0 Å². The summed E-state index contributed by atoms with van der Waals surface area (Å²) in [7, 11) is -3.59. The molecule has 2 aromatic heterocycles. The van der Waals surface area contributed by atoms with Gasteiger partial charge in [-0.05, 0) is 42.5 Å². The number of carbonyl (C=O) groups excluding carboxylic acids is 1. The van der Waals surface area contributed by atoms with Crippen LogP contribution in [0, 0.1) is 0 Å². The summed E-state index contributed by atoms with van der Waals surface area (Å²) in [5, 5.41) is 9.90. The summed E-state index contributed by atoms with van der Waals surface area (Å²) in [6, 6.07) is 11.6. The molecular formula is C21H20ClN5O3S2. The van der Waals surface area contributed by atoms with Gasteiger partial charge in [0.15, 0.2) is 11.4 Å². The lowest BCUT2D eigenvalue weighted by Crippen LogP contribution is -2.30. The third-order valence-corrected chi connectivity index (χ3v) is 8.14. The minimum atomic E-state index is -3.59. The summed E-state index contributed by atoms with van der Waals surface area (Å²) in [5.41, 5.74) is 2.22. The van der Waals surface area contributed by atoms with E-state index in [0.717, 1.165) is 0 Å². The summed E-state index contributed by atoms with van der Waals surface area (Å²) in [6.07, 6.45) is 0. The maximum Gasteiger partial charge on any atom is 0.243 e. The molecule has 166 valence electrons. The van der Waals surface area contributed by atoms with Crippen molar-refractivity contribution in [2.75, 3.05) is 18.8 Å². The predicted molar refractivity (Wildman–Crippen MR) is 126 cm³/mol. The molecule has 0 aliphatic carbocycles. The Morgan fingerprint density at radius 2 is 1.81 bits per heavy atom. The highest BCUT2D eigenvalue weighted by Crippen LogP contribution is 2.27. The first-order valence-corrected chi connectivity index (χ1v) is 12.7. The SMILES string of the molecule is CCN(CC)S(=O)(=O)c1ccc2[nH]c3nc(SCC(=O)c4ccc(Cl)cc4)nnc3c2c1. The van der Waals surface area contributed by atoms with Gasteiger partial charge in [-0.15, -0.1) is 10.2 Å². The van der Waals surface area contributed by atoms with Gasteiger partial charge in [-0.2, -0.15) is 4.31 Å². The summed E-state index contributed by atoms with van der Waals surface area (Å²) < 4.78 is 27.1. The molecule has 8 nitrogen and oxygen atoms in total. The van der Waals surface area contributed by atoms with Crippen LogP contribution in [0.15, 0.2) is 52.5 Å². The number of aromatic amines is 1. The first-order chi connectivity index (χ1) is 15.3. The number of halogens is 1. The lowest BCUT2D eigenvalue weighted by atomic mass is 10.1. The smallest absolute Gasteiger partial charge is 0.243 e. The Labute approximate surface area is 194 Å². The van der Waals surface area contributed by atoms with Crippen molar-refractivity contribution < 1.29 is 13.2 Å². The van der Waals surface area contributed by atoms with E-state index in [1.807, 2.05) is 0 Å². The molecule has 0 fully saturated rings. The molecule has 0 saturated carbocycles. The number of H-pyrrole nitrogens is 1. The van der Waals surface area contributed by atoms with Gasteiger partial charge >= 0.3 is 0 Å². The van der Waals surface area contributed by atoms with E-state index in [2.05, 4.69) is 20.2 Å². The maximum absolute atomic E-state index is 12.9. The zero-order chi connectivity index (χ0) is 22.9. The highest BCUT2D eigenvalue weighted by Gasteiger charge is 2.23. The second kappa shape index (κ2) is 9.14. The number of sulfonamides is 1. The Morgan fingerprint density at radius 3 is 2.50 bits per heavy atom. The summed E-state index contributed by atoms with van der Waals surface area (Å²) in [5.74, 6) is 0.0830. The minimum absolute atomic E-state index is 0.0711. The van der Waals surface area contributed by atoms with Gasteiger partial charge in [0, 0.05) is 34.6 Å². The van der Waals surface area contributed by atoms with Crippen molar-refractivity contribution in [2.24, 2.45) is 0 Å². The second-order valence-electron chi connectivity index (χ2n) is 6.93. The molecule has 1 N–H and O–H groups in total. The van der Waals surface area contributed by atoms with Crippen LogP contribution in [0.3, 0.4) is 0 Å². The average Bonchev–Trinajstić information content (AvgIpc) is 3.15. The monoisotopic (exact) mass is 489 g/mol. The van der Waals surface area contributed by atoms with Crippen LogP contribution in [0.25, 0.3) is 22.1 Å². The Hall–Kier alpha value is -2.53. The first-order valence-electron chi connectivity index (χ1n) is 9.91. The number of Topliss-reactive ketones (excluding diaryl/α,β-unsaturated/α-hetero) is 1. The highest BCUT2D eigenvalue weighted by atomic mass is 35.5. The molecule has 0 aliphatic heterocycles. The zero-order valence-corrected chi connectivity index (χ0v) is 19.8. The summed E-state index contributed by atoms with van der Waals surface area (Å²) >= 11 is 7.04. The Morgan fingerprint density at radius 1 is 1.09 bits per heavy atom. The van der Waals surface area contributed by atoms with E-state index in [1.54, 1.807) is 56.3 Å². The first kappa shape index (κ1) is 22.7. The van der Waals surface area contributed by atoms with Crippen LogP contribution in [0.1, 0.15) is 24.2 Å². The lowest BCUT2D eigenvalue weighted by Gasteiger charge is -2.18. The number of aromatic nitrogens is 4. The Balaban J connectivity index is 1.60. The molecule has 32 heavy (non-hydrogen) atoms. The number of fused-ring (bicyclic) bond motifs is 3. The third-order valence-electron chi connectivity index (χ3n) is 5.01. The van der Waals surface area contributed by atoms with Gasteiger partial charge in [0.1, 0.15) is 5.52 Å². The van der Waals surface area contributed by atoms with Crippen molar-refractivity contribution in [3.05, 3.63) is 53.1 Å². The van der Waals surface area contributed by atoms with E-state index >= 15 is 0 Å². The van der Waals surface area contributed by atoms with E-state index < -0.39 is 10.0 Å². The molecule has 0 radical (unpaired) electrons. The third kappa shape index (κ3) is 4.36. The molecular weight excluding hydrogens is 470 g/mol. The van der Waals surface area contributed by atoms with Crippen LogP contribution in [-0.4, -0.2) is 57.5 Å². The zero-order valence-electron chi connectivity index (χ0n) is 17.4. The molecule has 2 heterocycles. The van der Waals surface area contributed by atoms with E-state index in [-0.39, 0.29) is 16.4 Å². The standard InChI is InChI=1S/C21H20ClN5O3S2/c1-3-27(4-2)32(29,30)15-9-10-17-16(11-15)19-20(23-17)24-21(26-25-19)31-12-18(28)13-5-7-14(22)8-6-13/h5-11H,3-4,12H2,1-2H3,(H,23,24,26). The summed E-state index contributed by atoms with van der Waals surface area (Å²) in [6.45, 7) is 4.39. The lowest BCUT2D eigenvalue weighted by molar-refractivity contribution is 0.102. The van der Waals surface area contributed by atoms with Crippen LogP contribution in [0.5, 0.6) is 0 Å². The van der Waals surface area contributed by atoms with E-state index in [1.165, 1.54) is 16.1 Å². The van der Waals surface area contributed by atoms with Gasteiger partial charge in [0.2, 0.25) is 15.2 Å². The number of rotatable bonds is 8. The van der Waals surface area contributed by atoms with Crippen molar-refractivity contribution in [3.8, 4) is 0 Å². The molecule has 2 aromatic carbocycles. The van der Waals surface area contributed by atoms with E-state index in [9.17, 15) is 13.2 Å². The molecule has 0 spiro atoms. The van der Waals surface area contributed by atoms with Crippen molar-refractivity contribution in [2.45, 2.75) is 23.9 Å². The predicted octanol–water partition coefficient (Wildman–Crippen LogP) is 4.17. The van der Waals surface area contributed by atoms with Gasteiger partial charge in [0.05, 0.1) is 10.6 Å². The minimum Gasteiger partial charge on any atom is -0.338 e. The van der Waals surface area contributed by atoms with Crippen molar-refractivity contribution >= 4 is 61.2 Å². The van der Waals surface area contributed by atoms with Crippen LogP contribution in [0.4, 0.5) is 0 Å². The molecule has 0 amide bonds. The summed E-state index contributed by atoms with van der Waals surface area (Å²) in [4.78, 5) is 20.2. The normalized spacial score (nSPS) is 12.1. The molecule has 0 bridgehead atoms. The van der Waals surface area contributed by atoms with Gasteiger partial charge in [-0.3, -0.25) is 4.79 Å². The van der Waals surface area contributed by atoms with Gasteiger partial charge < -0.3 is 4.98 Å². The number of ketones is 1. The highest BCUT2D eigenvalue weighted by molar-refractivity contribution is 7.99. The van der Waals surface area contributed by atoms with Crippen LogP contribution in [-0.2, 0) is 10.0 Å². The molecule has 0 unspecified atom stereocenters. The molecule has 4 aromatic rings. The number of nitrogens with one attached hydrogen (secondary N) is 1. The van der Waals surface area contributed by atoms with Crippen LogP contribution in [0.2, 0.25) is 5.02 Å². The maximum atomic E-state index is 12.9. The Kier molecular flexibility index (Phi) is 6.47. The number of nitrogens with zero attached hydrogens (tertiary/aromatic N) is 4. The fourth-order valence-electron chi connectivity index (χ4n) is 3.32. The van der Waals surface area contributed by atoms with Gasteiger partial charge in [0.25, 0.3) is 0 Å². The molecule has 4 rings (SSSR count). The number of hydrogen-bond donors (Lipinski definition) is 1. The molecule has 11 heteroatoms. The molecule has 0 aliphatic rings. The number of hydrogen-bond acceptors (Lipinski definition) is 7. The second-order valence-corrected chi connectivity index (χ2v) is 10.2. The molecule has 0 atom stereocenters. The van der Waals surface area contributed by atoms with Crippen LogP contribution < -0.4 is 0 Å². The fraction of sp³-hybridized carbons (Fsp3) is 0.238. The number of benzene rings is 2.